The summed E-state index contributed by atoms with van der Waals surface area (Å²) in [6, 6.07) is 0. The van der Waals surface area contributed by atoms with Crippen molar-refractivity contribution >= 4 is 34.5 Å². The van der Waals surface area contributed by atoms with Crippen LogP contribution in [-0.4, -0.2) is 59.3 Å². The summed E-state index contributed by atoms with van der Waals surface area (Å²) in [4.78, 5) is 22.3. The number of carbonyl (C=O) groups is 2. The first-order chi connectivity index (χ1) is 8.90. The highest BCUT2D eigenvalue weighted by Crippen LogP contribution is 2.31. The highest BCUT2D eigenvalue weighted by molar-refractivity contribution is 14.1. The van der Waals surface area contributed by atoms with E-state index in [1.54, 1.807) is 0 Å². The van der Waals surface area contributed by atoms with Crippen molar-refractivity contribution in [2.45, 2.75) is 42.4 Å². The molecular weight excluding hydrogens is 371 g/mol. The Labute approximate surface area is 124 Å². The van der Waals surface area contributed by atoms with E-state index in [0.717, 1.165) is 0 Å². The fourth-order valence-corrected chi connectivity index (χ4v) is 2.88. The summed E-state index contributed by atoms with van der Waals surface area (Å²) in [6.45, 7) is 2.13. The minimum absolute atomic E-state index is 0.362. The number of methoxy groups -OCH3 is 1. The molecule has 19 heavy (non-hydrogen) atoms. The summed E-state index contributed by atoms with van der Waals surface area (Å²) < 4.78 is 20.5. The third-order valence-electron chi connectivity index (χ3n) is 2.59. The van der Waals surface area contributed by atoms with E-state index in [4.69, 9.17) is 18.9 Å². The van der Waals surface area contributed by atoms with Crippen LogP contribution >= 0.6 is 22.6 Å². The van der Waals surface area contributed by atoms with Gasteiger partial charge in [0.15, 0.2) is 18.5 Å². The zero-order valence-electron chi connectivity index (χ0n) is 10.9. The zero-order chi connectivity index (χ0) is 14.6. The van der Waals surface area contributed by atoms with Crippen LogP contribution in [0.2, 0.25) is 0 Å². The number of carbonyl (C=O) groups excluding carboxylic acids is 2. The minimum Gasteiger partial charge on any atom is -0.457 e. The van der Waals surface area contributed by atoms with Crippen LogP contribution in [0.1, 0.15) is 13.8 Å². The number of aliphatic hydroxyl groups is 1. The Bertz CT molecular complexity index is 335. The summed E-state index contributed by atoms with van der Waals surface area (Å²) in [6.07, 6.45) is -3.06. The van der Waals surface area contributed by atoms with Crippen molar-refractivity contribution < 1.29 is 33.6 Å². The lowest BCUT2D eigenvalue weighted by Gasteiger charge is -2.42. The lowest BCUT2D eigenvalue weighted by Crippen LogP contribution is -2.59. The standard InChI is InChI=1S/C11H17IO7/c1-5(14)17-9-7(4-13)19-11(16-3)8(12)10(9)18-6(2)15/h7-11,13H,4H2,1-3H3/t7-,8-,9-,10+,11-/m1/s1. The Kier molecular flexibility index (Phi) is 6.43. The van der Waals surface area contributed by atoms with Crippen LogP contribution in [-0.2, 0) is 28.5 Å². The molecule has 8 heteroatoms. The Hall–Kier alpha value is -0.450. The minimum atomic E-state index is -0.861. The second kappa shape index (κ2) is 7.36. The number of aliphatic hydroxyl groups excluding tert-OH is 1. The molecule has 110 valence electrons. The molecular formula is C11H17IO7. The number of halogens is 1. The van der Waals surface area contributed by atoms with Crippen LogP contribution in [0.3, 0.4) is 0 Å². The monoisotopic (exact) mass is 388 g/mol. The predicted octanol–water partition coefficient (Wildman–Crippen LogP) is 0.0170. The second-order valence-electron chi connectivity index (χ2n) is 4.05. The molecule has 0 spiro atoms. The Balaban J connectivity index is 2.96. The van der Waals surface area contributed by atoms with Gasteiger partial charge in [-0.1, -0.05) is 22.6 Å². The number of hydrogen-bond acceptors (Lipinski definition) is 7. The Morgan fingerprint density at radius 2 is 1.74 bits per heavy atom. The van der Waals surface area contributed by atoms with Crippen LogP contribution in [0.5, 0.6) is 0 Å². The first-order valence-electron chi connectivity index (χ1n) is 5.68. The SMILES string of the molecule is CO[C@@H]1O[C@H](CO)[C@@H](OC(C)=O)[C@@H](OC(C)=O)[C@H]1I. The Morgan fingerprint density at radius 1 is 1.21 bits per heavy atom. The molecule has 1 aliphatic heterocycles. The number of esters is 2. The van der Waals surface area contributed by atoms with Gasteiger partial charge in [0.05, 0.1) is 6.61 Å². The largest absolute Gasteiger partial charge is 0.457 e. The molecule has 1 rings (SSSR count). The van der Waals surface area contributed by atoms with E-state index in [1.165, 1.54) is 21.0 Å². The highest BCUT2D eigenvalue weighted by Gasteiger charge is 2.48. The van der Waals surface area contributed by atoms with Crippen LogP contribution in [0.25, 0.3) is 0 Å². The van der Waals surface area contributed by atoms with Gasteiger partial charge in [0.2, 0.25) is 0 Å². The molecule has 0 aromatic carbocycles. The van der Waals surface area contributed by atoms with Gasteiger partial charge in [-0.3, -0.25) is 9.59 Å². The smallest absolute Gasteiger partial charge is 0.303 e. The summed E-state index contributed by atoms with van der Waals surface area (Å²) in [5.74, 6) is -1.04. The van der Waals surface area contributed by atoms with E-state index in [2.05, 4.69) is 0 Å². The van der Waals surface area contributed by atoms with Crippen molar-refractivity contribution in [3.63, 3.8) is 0 Å². The molecule has 0 saturated carbocycles. The first-order valence-corrected chi connectivity index (χ1v) is 6.92. The van der Waals surface area contributed by atoms with Crippen molar-refractivity contribution in [3.05, 3.63) is 0 Å². The summed E-state index contributed by atoms with van der Waals surface area (Å²) >= 11 is 2.00. The molecule has 1 N–H and O–H groups in total. The van der Waals surface area contributed by atoms with Gasteiger partial charge in [-0.15, -0.1) is 0 Å². The number of ether oxygens (including phenoxy) is 4. The van der Waals surface area contributed by atoms with Crippen LogP contribution in [0.4, 0.5) is 0 Å². The fraction of sp³-hybridized carbons (Fsp3) is 0.818. The first kappa shape index (κ1) is 16.6. The van der Waals surface area contributed by atoms with Gasteiger partial charge in [-0.25, -0.2) is 0 Å². The molecule has 0 bridgehead atoms. The van der Waals surface area contributed by atoms with E-state index >= 15 is 0 Å². The second-order valence-corrected chi connectivity index (χ2v) is 5.49. The number of hydrogen-bond donors (Lipinski definition) is 1. The number of rotatable bonds is 4. The van der Waals surface area contributed by atoms with Crippen molar-refractivity contribution in [1.82, 2.24) is 0 Å². The predicted molar refractivity (Wildman–Crippen MR) is 71.7 cm³/mol. The van der Waals surface area contributed by atoms with Crippen molar-refractivity contribution in [1.29, 1.82) is 0 Å². The highest BCUT2D eigenvalue weighted by atomic mass is 127. The van der Waals surface area contributed by atoms with E-state index < -0.39 is 36.5 Å². The Morgan fingerprint density at radius 3 is 2.16 bits per heavy atom. The van der Waals surface area contributed by atoms with Crippen molar-refractivity contribution in [2.24, 2.45) is 0 Å². The topological polar surface area (TPSA) is 91.3 Å². The maximum Gasteiger partial charge on any atom is 0.303 e. The molecule has 1 fully saturated rings. The van der Waals surface area contributed by atoms with Gasteiger partial charge in [0.25, 0.3) is 0 Å². The van der Waals surface area contributed by atoms with Gasteiger partial charge in [-0.2, -0.15) is 0 Å². The van der Waals surface area contributed by atoms with Gasteiger partial charge < -0.3 is 24.1 Å². The summed E-state index contributed by atoms with van der Waals surface area (Å²) in [5, 5.41) is 9.31. The van der Waals surface area contributed by atoms with Gasteiger partial charge in [-0.05, 0) is 0 Å². The molecule has 1 aliphatic rings. The molecule has 0 unspecified atom stereocenters. The lowest BCUT2D eigenvalue weighted by atomic mass is 10.0. The average Bonchev–Trinajstić information content (AvgIpc) is 2.33. The van der Waals surface area contributed by atoms with Crippen LogP contribution in [0, 0.1) is 0 Å². The molecule has 0 aliphatic carbocycles. The van der Waals surface area contributed by atoms with E-state index in [9.17, 15) is 14.7 Å². The summed E-state index contributed by atoms with van der Waals surface area (Å²) in [5.41, 5.74) is 0. The molecule has 0 radical (unpaired) electrons. The third kappa shape index (κ3) is 4.26. The molecule has 0 aromatic rings. The molecule has 1 heterocycles. The van der Waals surface area contributed by atoms with E-state index in [1.807, 2.05) is 22.6 Å². The maximum absolute atomic E-state index is 11.2. The van der Waals surface area contributed by atoms with Gasteiger partial charge in [0.1, 0.15) is 10.0 Å². The van der Waals surface area contributed by atoms with Crippen LogP contribution in [0.15, 0.2) is 0 Å². The number of alkyl halides is 1. The fourth-order valence-electron chi connectivity index (χ4n) is 1.86. The van der Waals surface area contributed by atoms with E-state index in [-0.39, 0.29) is 10.5 Å². The zero-order valence-corrected chi connectivity index (χ0v) is 13.0. The lowest BCUT2D eigenvalue weighted by molar-refractivity contribution is -0.252. The molecule has 1 saturated heterocycles. The molecule has 5 atom stereocenters. The van der Waals surface area contributed by atoms with Gasteiger partial charge in [0, 0.05) is 21.0 Å². The van der Waals surface area contributed by atoms with Crippen LogP contribution < -0.4 is 0 Å². The quantitative estimate of drug-likeness (QED) is 0.413. The third-order valence-corrected chi connectivity index (χ3v) is 3.89. The van der Waals surface area contributed by atoms with Gasteiger partial charge >= 0.3 is 11.9 Å². The van der Waals surface area contributed by atoms with E-state index in [0.29, 0.717) is 0 Å². The molecule has 0 amide bonds. The average molecular weight is 388 g/mol. The normalized spacial score (nSPS) is 34.7. The molecule has 7 nitrogen and oxygen atoms in total. The maximum atomic E-state index is 11.2. The van der Waals surface area contributed by atoms with Crippen molar-refractivity contribution in [3.8, 4) is 0 Å². The summed E-state index contributed by atoms with van der Waals surface area (Å²) in [7, 11) is 1.45. The molecule has 0 aromatic heterocycles. The van der Waals surface area contributed by atoms with Crippen molar-refractivity contribution in [2.75, 3.05) is 13.7 Å².